The Kier molecular flexibility index (Phi) is 4.13. The second-order valence-corrected chi connectivity index (χ2v) is 6.76. The molecule has 1 atom stereocenters. The van der Waals surface area contributed by atoms with E-state index in [9.17, 15) is 5.26 Å². The summed E-state index contributed by atoms with van der Waals surface area (Å²) in [5.74, 6) is 0.379. The van der Waals surface area contributed by atoms with Crippen LogP contribution in [0.4, 0.5) is 11.4 Å². The molecule has 2 aromatic carbocycles. The molecular formula is C21H19N5O. The minimum absolute atomic E-state index is 0.169. The first kappa shape index (κ1) is 16.9. The number of rotatable bonds is 4. The van der Waals surface area contributed by atoms with Crippen LogP contribution in [0, 0.1) is 23.7 Å². The van der Waals surface area contributed by atoms with Crippen LogP contribution in [0.5, 0.6) is 0 Å². The van der Waals surface area contributed by atoms with Gasteiger partial charge in [-0.1, -0.05) is 6.07 Å². The predicted octanol–water partition coefficient (Wildman–Crippen LogP) is 3.95. The molecular weight excluding hydrogens is 338 g/mol. The normalized spacial score (nSPS) is 15.2. The summed E-state index contributed by atoms with van der Waals surface area (Å²) in [6, 6.07) is 12.1. The third kappa shape index (κ3) is 3.04. The molecule has 1 aliphatic carbocycles. The number of benzene rings is 2. The Labute approximate surface area is 157 Å². The van der Waals surface area contributed by atoms with Gasteiger partial charge in [-0.2, -0.15) is 5.26 Å². The lowest BCUT2D eigenvalue weighted by Crippen LogP contribution is -2.10. The molecule has 0 aliphatic heterocycles. The quantitative estimate of drug-likeness (QED) is 0.483. The average Bonchev–Trinajstić information content (AvgIpc) is 3.33. The van der Waals surface area contributed by atoms with E-state index in [0.29, 0.717) is 17.0 Å². The minimum atomic E-state index is 0.169. The summed E-state index contributed by atoms with van der Waals surface area (Å²) in [7, 11) is 0. The van der Waals surface area contributed by atoms with Gasteiger partial charge in [0, 0.05) is 16.9 Å². The van der Waals surface area contributed by atoms with Crippen molar-refractivity contribution in [3.05, 3.63) is 76.5 Å². The van der Waals surface area contributed by atoms with E-state index in [1.54, 1.807) is 6.07 Å². The van der Waals surface area contributed by atoms with Crippen LogP contribution in [0.2, 0.25) is 0 Å². The third-order valence-electron chi connectivity index (χ3n) is 5.03. The zero-order chi connectivity index (χ0) is 19.0. The van der Waals surface area contributed by atoms with Crippen LogP contribution < -0.4 is 11.1 Å². The van der Waals surface area contributed by atoms with Crippen molar-refractivity contribution >= 4 is 17.1 Å². The van der Waals surface area contributed by atoms with Crippen molar-refractivity contribution in [3.63, 3.8) is 0 Å². The maximum Gasteiger partial charge on any atom is 0.181 e. The molecule has 0 saturated heterocycles. The van der Waals surface area contributed by atoms with E-state index in [-0.39, 0.29) is 11.8 Å². The minimum Gasteiger partial charge on any atom is -0.442 e. The fourth-order valence-corrected chi connectivity index (χ4v) is 3.58. The number of anilines is 2. The van der Waals surface area contributed by atoms with Crippen molar-refractivity contribution in [3.8, 4) is 6.07 Å². The molecule has 0 fully saturated rings. The third-order valence-corrected chi connectivity index (χ3v) is 5.03. The van der Waals surface area contributed by atoms with Crippen molar-refractivity contribution in [2.45, 2.75) is 25.8 Å². The van der Waals surface area contributed by atoms with Gasteiger partial charge in [-0.3, -0.25) is 5.41 Å². The number of oxazole rings is 1. The van der Waals surface area contributed by atoms with Crippen molar-refractivity contribution in [1.82, 2.24) is 4.98 Å². The monoisotopic (exact) mass is 357 g/mol. The van der Waals surface area contributed by atoms with Crippen LogP contribution in [0.1, 0.15) is 46.0 Å². The van der Waals surface area contributed by atoms with Gasteiger partial charge in [0.25, 0.3) is 0 Å². The highest BCUT2D eigenvalue weighted by molar-refractivity contribution is 6.12. The average molecular weight is 357 g/mol. The molecule has 0 amide bonds. The number of fused-ring (bicyclic) bond motifs is 1. The van der Waals surface area contributed by atoms with E-state index < -0.39 is 0 Å². The summed E-state index contributed by atoms with van der Waals surface area (Å²) in [5, 5.41) is 21.1. The largest absolute Gasteiger partial charge is 0.442 e. The van der Waals surface area contributed by atoms with Crippen molar-refractivity contribution in [1.29, 1.82) is 10.7 Å². The lowest BCUT2D eigenvalue weighted by Gasteiger charge is -2.18. The van der Waals surface area contributed by atoms with Gasteiger partial charge in [0.05, 0.1) is 23.9 Å². The maximum atomic E-state index is 9.23. The topological polar surface area (TPSA) is 112 Å². The van der Waals surface area contributed by atoms with Crippen LogP contribution in [0.3, 0.4) is 0 Å². The predicted molar refractivity (Wildman–Crippen MR) is 104 cm³/mol. The summed E-state index contributed by atoms with van der Waals surface area (Å²) in [6.45, 7) is 1.97. The molecule has 134 valence electrons. The molecule has 6 nitrogen and oxygen atoms in total. The van der Waals surface area contributed by atoms with Gasteiger partial charge in [0.1, 0.15) is 5.71 Å². The molecule has 3 aromatic rings. The van der Waals surface area contributed by atoms with E-state index in [1.165, 1.54) is 23.7 Å². The van der Waals surface area contributed by atoms with E-state index >= 15 is 0 Å². The lowest BCUT2D eigenvalue weighted by molar-refractivity contribution is 0.548. The number of nitriles is 1. The van der Waals surface area contributed by atoms with E-state index in [4.69, 9.17) is 15.6 Å². The zero-order valence-electron chi connectivity index (χ0n) is 14.9. The molecule has 27 heavy (non-hydrogen) atoms. The number of nitrogens with two attached hydrogens (primary N) is 1. The molecule has 1 unspecified atom stereocenters. The van der Waals surface area contributed by atoms with Gasteiger partial charge < -0.3 is 15.5 Å². The smallest absolute Gasteiger partial charge is 0.181 e. The molecule has 1 aliphatic rings. The van der Waals surface area contributed by atoms with Crippen molar-refractivity contribution in [2.75, 3.05) is 11.1 Å². The summed E-state index contributed by atoms with van der Waals surface area (Å²) >= 11 is 0. The SMILES string of the molecule is Cc1cc2c(cc1C#N)CCC2Nc1ccc(N)c(C(=N)c2cnco2)c1. The summed E-state index contributed by atoms with van der Waals surface area (Å²) in [5.41, 5.74) is 12.5. The zero-order valence-corrected chi connectivity index (χ0v) is 14.9. The summed E-state index contributed by atoms with van der Waals surface area (Å²) < 4.78 is 5.22. The molecule has 4 N–H and O–H groups in total. The standard InChI is InChI=1S/C21H19N5O/c1-12-6-16-13(7-14(12)9-22)2-5-19(16)26-15-3-4-18(23)17(8-15)21(24)20-10-25-11-27-20/h3-4,6-8,10-11,19,24,26H,2,5,23H2,1H3. The van der Waals surface area contributed by atoms with Crippen LogP contribution in [0.25, 0.3) is 0 Å². The molecule has 0 bridgehead atoms. The van der Waals surface area contributed by atoms with Gasteiger partial charge in [-0.15, -0.1) is 0 Å². The van der Waals surface area contributed by atoms with Gasteiger partial charge in [-0.05, 0) is 60.7 Å². The van der Waals surface area contributed by atoms with Gasteiger partial charge in [0.2, 0.25) is 0 Å². The van der Waals surface area contributed by atoms with E-state index in [2.05, 4.69) is 22.4 Å². The highest BCUT2D eigenvalue weighted by atomic mass is 16.3. The van der Waals surface area contributed by atoms with Gasteiger partial charge in [0.15, 0.2) is 12.2 Å². The Morgan fingerprint density at radius 2 is 2.22 bits per heavy atom. The van der Waals surface area contributed by atoms with E-state index in [0.717, 1.165) is 29.7 Å². The first-order chi connectivity index (χ1) is 13.1. The fraction of sp³-hybridized carbons (Fsp3) is 0.190. The number of aryl methyl sites for hydroxylation is 2. The first-order valence-electron chi connectivity index (χ1n) is 8.74. The Hall–Kier alpha value is -3.59. The van der Waals surface area contributed by atoms with Crippen LogP contribution in [0.15, 0.2) is 47.3 Å². The summed E-state index contributed by atoms with van der Waals surface area (Å²) in [4.78, 5) is 3.86. The lowest BCUT2D eigenvalue weighted by atomic mass is 10.00. The van der Waals surface area contributed by atoms with Crippen LogP contribution in [-0.4, -0.2) is 10.7 Å². The number of nitrogens with zero attached hydrogens (tertiary/aromatic N) is 2. The van der Waals surface area contributed by atoms with Crippen molar-refractivity contribution < 1.29 is 4.42 Å². The molecule has 1 aromatic heterocycles. The van der Waals surface area contributed by atoms with E-state index in [1.807, 2.05) is 25.1 Å². The maximum absolute atomic E-state index is 9.23. The molecule has 0 saturated carbocycles. The number of nitrogen functional groups attached to an aromatic ring is 1. The number of hydrogen-bond acceptors (Lipinski definition) is 6. The van der Waals surface area contributed by atoms with Crippen LogP contribution in [-0.2, 0) is 6.42 Å². The Balaban J connectivity index is 1.62. The second-order valence-electron chi connectivity index (χ2n) is 6.76. The number of aromatic nitrogens is 1. The highest BCUT2D eigenvalue weighted by Crippen LogP contribution is 2.36. The number of nitrogens with one attached hydrogen (secondary N) is 2. The molecule has 4 rings (SSSR count). The molecule has 1 heterocycles. The van der Waals surface area contributed by atoms with Crippen molar-refractivity contribution in [2.24, 2.45) is 0 Å². The molecule has 6 heteroatoms. The summed E-state index contributed by atoms with van der Waals surface area (Å²) in [6.07, 6.45) is 4.71. The molecule has 0 spiro atoms. The van der Waals surface area contributed by atoms with Gasteiger partial charge >= 0.3 is 0 Å². The van der Waals surface area contributed by atoms with Gasteiger partial charge in [-0.25, -0.2) is 4.98 Å². The van der Waals surface area contributed by atoms with Crippen LogP contribution >= 0.6 is 0 Å². The number of hydrogen-bond donors (Lipinski definition) is 3. The first-order valence-corrected chi connectivity index (χ1v) is 8.74. The highest BCUT2D eigenvalue weighted by Gasteiger charge is 2.24. The Morgan fingerprint density at radius 1 is 1.37 bits per heavy atom. The molecule has 0 radical (unpaired) electrons. The second kappa shape index (κ2) is 6.61. The fourth-order valence-electron chi connectivity index (χ4n) is 3.58. The Bertz CT molecular complexity index is 1060. The Morgan fingerprint density at radius 3 is 2.96 bits per heavy atom.